The zero-order valence-electron chi connectivity index (χ0n) is 10.4. The van der Waals surface area contributed by atoms with Gasteiger partial charge in [0.15, 0.2) is 0 Å². The molecule has 0 aliphatic heterocycles. The minimum Gasteiger partial charge on any atom is -0.397 e. The van der Waals surface area contributed by atoms with Gasteiger partial charge in [0.1, 0.15) is 5.82 Å². The summed E-state index contributed by atoms with van der Waals surface area (Å²) in [5.41, 5.74) is 7.15. The first-order valence-corrected chi connectivity index (χ1v) is 8.22. The zero-order valence-corrected chi connectivity index (χ0v) is 12.8. The van der Waals surface area contributed by atoms with Gasteiger partial charge in [-0.15, -0.1) is 0 Å². The summed E-state index contributed by atoms with van der Waals surface area (Å²) in [7, 11) is 0. The van der Waals surface area contributed by atoms with E-state index in [-0.39, 0.29) is 5.82 Å². The van der Waals surface area contributed by atoms with Crippen molar-refractivity contribution in [1.82, 2.24) is 0 Å². The highest BCUT2D eigenvalue weighted by molar-refractivity contribution is 9.10. The van der Waals surface area contributed by atoms with Gasteiger partial charge in [-0.2, -0.15) is 11.8 Å². The molecule has 0 saturated heterocycles. The maximum absolute atomic E-state index is 13.3. The minimum absolute atomic E-state index is 0.316. The average molecular weight is 333 g/mol. The van der Waals surface area contributed by atoms with Crippen molar-refractivity contribution in [2.24, 2.45) is 0 Å². The summed E-state index contributed by atoms with van der Waals surface area (Å²) in [4.78, 5) is 0. The van der Waals surface area contributed by atoms with Crippen molar-refractivity contribution in [2.75, 3.05) is 17.3 Å². The number of nitrogen functional groups attached to an aromatic ring is 1. The highest BCUT2D eigenvalue weighted by Crippen LogP contribution is 2.32. The molecule has 2 rings (SSSR count). The number of hydrogen-bond acceptors (Lipinski definition) is 3. The van der Waals surface area contributed by atoms with Crippen molar-refractivity contribution in [2.45, 2.75) is 37.0 Å². The number of nitrogens with two attached hydrogens (primary N) is 1. The second-order valence-corrected chi connectivity index (χ2v) is 6.71. The van der Waals surface area contributed by atoms with E-state index in [1.807, 2.05) is 11.8 Å². The van der Waals surface area contributed by atoms with E-state index >= 15 is 0 Å². The van der Waals surface area contributed by atoms with Gasteiger partial charge in [-0.25, -0.2) is 4.39 Å². The molecule has 0 radical (unpaired) electrons. The maximum atomic E-state index is 13.3. The summed E-state index contributed by atoms with van der Waals surface area (Å²) in [6.07, 6.45) is 7.00. The summed E-state index contributed by atoms with van der Waals surface area (Å²) in [6.45, 7) is 0. The molecule has 100 valence electrons. The van der Waals surface area contributed by atoms with Crippen LogP contribution in [0.5, 0.6) is 0 Å². The molecule has 3 N–H and O–H groups in total. The lowest BCUT2D eigenvalue weighted by molar-refractivity contribution is 0.473. The Morgan fingerprint density at radius 2 is 2.22 bits per heavy atom. The van der Waals surface area contributed by atoms with Gasteiger partial charge >= 0.3 is 0 Å². The van der Waals surface area contributed by atoms with Crippen LogP contribution in [0.4, 0.5) is 15.8 Å². The molecule has 5 heteroatoms. The van der Waals surface area contributed by atoms with Crippen molar-refractivity contribution in [3.63, 3.8) is 0 Å². The van der Waals surface area contributed by atoms with Crippen LogP contribution < -0.4 is 11.1 Å². The fraction of sp³-hybridized carbons (Fsp3) is 0.538. The molecular weight excluding hydrogens is 315 g/mol. The van der Waals surface area contributed by atoms with E-state index in [9.17, 15) is 4.39 Å². The molecular formula is C13H18BrFN2S. The van der Waals surface area contributed by atoms with Gasteiger partial charge in [0.2, 0.25) is 0 Å². The Morgan fingerprint density at radius 3 is 2.94 bits per heavy atom. The van der Waals surface area contributed by atoms with Crippen LogP contribution >= 0.6 is 27.7 Å². The predicted octanol–water partition coefficient (Wildman–Crippen LogP) is 4.26. The third-order valence-electron chi connectivity index (χ3n) is 3.41. The normalized spacial score (nSPS) is 23.9. The summed E-state index contributed by atoms with van der Waals surface area (Å²) >= 11 is 5.13. The Balaban J connectivity index is 2.07. The molecule has 0 spiro atoms. The summed E-state index contributed by atoms with van der Waals surface area (Å²) in [5.74, 6) is -0.316. The van der Waals surface area contributed by atoms with Crippen LogP contribution in [0.3, 0.4) is 0 Å². The van der Waals surface area contributed by atoms with Gasteiger partial charge < -0.3 is 11.1 Å². The van der Waals surface area contributed by atoms with Crippen molar-refractivity contribution in [3.05, 3.63) is 22.4 Å². The van der Waals surface area contributed by atoms with Crippen molar-refractivity contribution in [1.29, 1.82) is 0 Å². The molecule has 2 atom stereocenters. The Kier molecular flexibility index (Phi) is 4.78. The second kappa shape index (κ2) is 6.15. The van der Waals surface area contributed by atoms with Gasteiger partial charge in [-0.05, 0) is 47.5 Å². The van der Waals surface area contributed by atoms with E-state index < -0.39 is 0 Å². The van der Waals surface area contributed by atoms with Crippen LogP contribution in [0.15, 0.2) is 16.6 Å². The highest BCUT2D eigenvalue weighted by atomic mass is 79.9. The Bertz CT molecular complexity index is 428. The number of thioether (sulfide) groups is 1. The van der Waals surface area contributed by atoms with E-state index in [0.29, 0.717) is 16.2 Å². The zero-order chi connectivity index (χ0) is 13.1. The van der Waals surface area contributed by atoms with Gasteiger partial charge in [0.05, 0.1) is 15.8 Å². The summed E-state index contributed by atoms with van der Waals surface area (Å²) in [6, 6.07) is 3.53. The summed E-state index contributed by atoms with van der Waals surface area (Å²) in [5, 5.41) is 4.17. The second-order valence-electron chi connectivity index (χ2n) is 4.72. The van der Waals surface area contributed by atoms with E-state index in [1.165, 1.54) is 18.9 Å². The minimum atomic E-state index is -0.316. The number of rotatable bonds is 3. The van der Waals surface area contributed by atoms with Crippen LogP contribution in [-0.2, 0) is 0 Å². The Morgan fingerprint density at radius 1 is 1.44 bits per heavy atom. The maximum Gasteiger partial charge on any atom is 0.139 e. The third-order valence-corrected chi connectivity index (χ3v) is 5.11. The van der Waals surface area contributed by atoms with E-state index in [0.717, 1.165) is 23.8 Å². The van der Waals surface area contributed by atoms with E-state index in [2.05, 4.69) is 27.5 Å². The highest BCUT2D eigenvalue weighted by Gasteiger charge is 2.21. The molecule has 0 amide bonds. The summed E-state index contributed by atoms with van der Waals surface area (Å²) < 4.78 is 13.8. The molecule has 2 unspecified atom stereocenters. The van der Waals surface area contributed by atoms with Gasteiger partial charge in [-0.1, -0.05) is 6.42 Å². The smallest absolute Gasteiger partial charge is 0.139 e. The molecule has 1 aromatic rings. The first kappa shape index (κ1) is 14.0. The standard InChI is InChI=1S/C13H18BrFN2S/c1-18-9-4-2-3-8(5-9)17-13-6-10(14)11(15)7-12(13)16/h6-9,17H,2-5,16H2,1H3. The van der Waals surface area contributed by atoms with Crippen molar-refractivity contribution < 1.29 is 4.39 Å². The number of nitrogens with one attached hydrogen (secondary N) is 1. The van der Waals surface area contributed by atoms with Crippen molar-refractivity contribution >= 4 is 39.1 Å². The molecule has 1 saturated carbocycles. The largest absolute Gasteiger partial charge is 0.397 e. The monoisotopic (exact) mass is 332 g/mol. The van der Waals surface area contributed by atoms with Crippen LogP contribution in [0.2, 0.25) is 0 Å². The lowest BCUT2D eigenvalue weighted by Crippen LogP contribution is -2.28. The number of hydrogen-bond donors (Lipinski definition) is 2. The lowest BCUT2D eigenvalue weighted by Gasteiger charge is -2.29. The molecule has 1 fully saturated rings. The fourth-order valence-electron chi connectivity index (χ4n) is 2.40. The molecule has 2 nitrogen and oxygen atoms in total. The van der Waals surface area contributed by atoms with Crippen molar-refractivity contribution in [3.8, 4) is 0 Å². The topological polar surface area (TPSA) is 38.0 Å². The van der Waals surface area contributed by atoms with Crippen LogP contribution in [-0.4, -0.2) is 17.5 Å². The molecule has 18 heavy (non-hydrogen) atoms. The number of halogens is 2. The van der Waals surface area contributed by atoms with Crippen LogP contribution in [0.25, 0.3) is 0 Å². The third kappa shape index (κ3) is 3.32. The molecule has 0 bridgehead atoms. The van der Waals surface area contributed by atoms with Crippen LogP contribution in [0.1, 0.15) is 25.7 Å². The predicted molar refractivity (Wildman–Crippen MR) is 81.7 cm³/mol. The SMILES string of the molecule is CSC1CCCC(Nc2cc(Br)c(F)cc2N)C1. The average Bonchev–Trinajstić information content (AvgIpc) is 2.36. The van der Waals surface area contributed by atoms with E-state index in [1.54, 1.807) is 6.07 Å². The first-order chi connectivity index (χ1) is 8.60. The van der Waals surface area contributed by atoms with Crippen LogP contribution in [0, 0.1) is 5.82 Å². The van der Waals surface area contributed by atoms with Gasteiger partial charge in [0, 0.05) is 17.4 Å². The Labute approximate surface area is 120 Å². The molecule has 1 aliphatic carbocycles. The molecule has 1 aliphatic rings. The van der Waals surface area contributed by atoms with Gasteiger partial charge in [-0.3, -0.25) is 0 Å². The molecule has 0 aromatic heterocycles. The number of anilines is 2. The number of benzene rings is 1. The molecule has 0 heterocycles. The van der Waals surface area contributed by atoms with E-state index in [4.69, 9.17) is 5.73 Å². The molecule has 1 aromatic carbocycles. The van der Waals surface area contributed by atoms with Gasteiger partial charge in [0.25, 0.3) is 0 Å². The quantitative estimate of drug-likeness (QED) is 0.812. The fourth-order valence-corrected chi connectivity index (χ4v) is 3.57. The lowest BCUT2D eigenvalue weighted by atomic mass is 9.94. The Hall–Kier alpha value is -0.420. The first-order valence-electron chi connectivity index (χ1n) is 6.14.